The fraction of sp³-hybridized carbons (Fsp3) is 0.667. The number of hydrogen-bond acceptors (Lipinski definition) is 2. The number of nitrogens with one attached hydrogen (secondary N) is 2. The van der Waals surface area contributed by atoms with E-state index in [1.807, 2.05) is 18.8 Å². The van der Waals surface area contributed by atoms with Crippen molar-refractivity contribution in [3.63, 3.8) is 0 Å². The van der Waals surface area contributed by atoms with Crippen molar-refractivity contribution in [3.8, 4) is 0 Å². The number of aryl methyl sites for hydroxylation is 1. The average molecular weight is 294 g/mol. The maximum atomic E-state index is 4.34. The molecule has 2 unspecified atom stereocenters. The minimum absolute atomic E-state index is 0.556. The zero-order valence-corrected chi connectivity index (χ0v) is 13.5. The monoisotopic (exact) mass is 294 g/mol. The van der Waals surface area contributed by atoms with Crippen LogP contribution < -0.4 is 10.6 Å². The number of hydrogen-bond donors (Lipinski definition) is 2. The Labute approximate surface area is 126 Å². The number of aromatic nitrogens is 1. The summed E-state index contributed by atoms with van der Waals surface area (Å²) in [6.07, 6.45) is 9.45. The second kappa shape index (κ2) is 7.62. The maximum Gasteiger partial charge on any atom is 0.191 e. The van der Waals surface area contributed by atoms with Crippen molar-refractivity contribution in [1.82, 2.24) is 15.2 Å². The molecule has 1 aliphatic rings. The van der Waals surface area contributed by atoms with Crippen LogP contribution in [0.3, 0.4) is 0 Å². The highest BCUT2D eigenvalue weighted by Crippen LogP contribution is 2.26. The van der Waals surface area contributed by atoms with Crippen molar-refractivity contribution in [2.45, 2.75) is 43.5 Å². The summed E-state index contributed by atoms with van der Waals surface area (Å²) < 4.78 is 2.13. The molecule has 0 bridgehead atoms. The van der Waals surface area contributed by atoms with Gasteiger partial charge in [0, 0.05) is 37.3 Å². The van der Waals surface area contributed by atoms with Gasteiger partial charge < -0.3 is 15.2 Å². The van der Waals surface area contributed by atoms with Gasteiger partial charge in [0.2, 0.25) is 0 Å². The molecule has 5 heteroatoms. The Kier molecular flexibility index (Phi) is 5.83. The zero-order chi connectivity index (χ0) is 14.4. The predicted molar refractivity (Wildman–Crippen MR) is 88.3 cm³/mol. The lowest BCUT2D eigenvalue weighted by atomic mass is 9.95. The SMILES string of the molecule is CN=C(NCc1cccn1C)NC1CCCC(SC)C1. The second-order valence-electron chi connectivity index (χ2n) is 5.40. The molecule has 1 heterocycles. The second-order valence-corrected chi connectivity index (χ2v) is 6.54. The van der Waals surface area contributed by atoms with Gasteiger partial charge in [-0.1, -0.05) is 6.42 Å². The van der Waals surface area contributed by atoms with Gasteiger partial charge in [-0.05, 0) is 37.7 Å². The van der Waals surface area contributed by atoms with E-state index in [4.69, 9.17) is 0 Å². The van der Waals surface area contributed by atoms with E-state index in [1.54, 1.807) is 0 Å². The molecular formula is C15H26N4S. The lowest BCUT2D eigenvalue weighted by Crippen LogP contribution is -2.45. The quantitative estimate of drug-likeness (QED) is 0.662. The van der Waals surface area contributed by atoms with E-state index in [0.717, 1.165) is 17.8 Å². The van der Waals surface area contributed by atoms with E-state index < -0.39 is 0 Å². The molecule has 0 spiro atoms. The third-order valence-electron chi connectivity index (χ3n) is 4.01. The van der Waals surface area contributed by atoms with Crippen LogP contribution in [0.25, 0.3) is 0 Å². The number of aliphatic imine (C=N–C) groups is 1. The Bertz CT molecular complexity index is 441. The first kappa shape index (κ1) is 15.3. The van der Waals surface area contributed by atoms with E-state index in [2.05, 4.69) is 51.8 Å². The topological polar surface area (TPSA) is 41.4 Å². The fourth-order valence-corrected chi connectivity index (χ4v) is 3.56. The third kappa shape index (κ3) is 4.20. The van der Waals surface area contributed by atoms with Gasteiger partial charge in [-0.2, -0.15) is 11.8 Å². The molecule has 0 aliphatic heterocycles. The number of nitrogens with zero attached hydrogens (tertiary/aromatic N) is 2. The van der Waals surface area contributed by atoms with Crippen LogP contribution in [0.2, 0.25) is 0 Å². The van der Waals surface area contributed by atoms with Crippen LogP contribution in [-0.4, -0.2) is 35.1 Å². The first-order valence-corrected chi connectivity index (χ1v) is 8.62. The standard InChI is InChI=1S/C15H26N4S/c1-16-15(17-11-13-7-5-9-19(13)2)18-12-6-4-8-14(10-12)20-3/h5,7,9,12,14H,4,6,8,10-11H2,1-3H3,(H2,16,17,18). The Hall–Kier alpha value is -1.10. The van der Waals surface area contributed by atoms with Gasteiger partial charge in [-0.3, -0.25) is 4.99 Å². The molecule has 4 nitrogen and oxygen atoms in total. The van der Waals surface area contributed by atoms with Crippen molar-refractivity contribution in [3.05, 3.63) is 24.0 Å². The van der Waals surface area contributed by atoms with Gasteiger partial charge in [0.1, 0.15) is 0 Å². The lowest BCUT2D eigenvalue weighted by Gasteiger charge is -2.29. The first-order valence-electron chi connectivity index (χ1n) is 7.33. The molecule has 1 saturated carbocycles. The van der Waals surface area contributed by atoms with Crippen LogP contribution in [0.15, 0.2) is 23.3 Å². The van der Waals surface area contributed by atoms with E-state index in [9.17, 15) is 0 Å². The van der Waals surface area contributed by atoms with Crippen molar-refractivity contribution in [2.75, 3.05) is 13.3 Å². The normalized spacial score (nSPS) is 23.6. The van der Waals surface area contributed by atoms with Crippen molar-refractivity contribution in [2.24, 2.45) is 12.0 Å². The van der Waals surface area contributed by atoms with Crippen LogP contribution in [0.5, 0.6) is 0 Å². The summed E-state index contributed by atoms with van der Waals surface area (Å²) >= 11 is 1.99. The predicted octanol–water partition coefficient (Wildman–Crippen LogP) is 2.36. The van der Waals surface area contributed by atoms with Crippen LogP contribution in [0.1, 0.15) is 31.4 Å². The van der Waals surface area contributed by atoms with E-state index in [-0.39, 0.29) is 0 Å². The number of guanidine groups is 1. The highest BCUT2D eigenvalue weighted by atomic mass is 32.2. The zero-order valence-electron chi connectivity index (χ0n) is 12.7. The Morgan fingerprint density at radius 2 is 2.35 bits per heavy atom. The Balaban J connectivity index is 1.82. The molecule has 2 N–H and O–H groups in total. The molecule has 0 radical (unpaired) electrons. The smallest absolute Gasteiger partial charge is 0.191 e. The maximum absolute atomic E-state index is 4.34. The average Bonchev–Trinajstić information content (AvgIpc) is 2.89. The van der Waals surface area contributed by atoms with Gasteiger partial charge in [0.25, 0.3) is 0 Å². The van der Waals surface area contributed by atoms with Crippen LogP contribution in [0, 0.1) is 0 Å². The van der Waals surface area contributed by atoms with Gasteiger partial charge >= 0.3 is 0 Å². The summed E-state index contributed by atoms with van der Waals surface area (Å²) in [4.78, 5) is 4.34. The summed E-state index contributed by atoms with van der Waals surface area (Å²) in [7, 11) is 3.91. The molecule has 0 aromatic carbocycles. The molecule has 1 aromatic rings. The number of rotatable bonds is 4. The number of thioether (sulfide) groups is 1. The van der Waals surface area contributed by atoms with Crippen LogP contribution >= 0.6 is 11.8 Å². The Morgan fingerprint density at radius 3 is 3.00 bits per heavy atom. The van der Waals surface area contributed by atoms with Gasteiger partial charge in [0.05, 0.1) is 6.54 Å². The van der Waals surface area contributed by atoms with Crippen LogP contribution in [0.4, 0.5) is 0 Å². The first-order chi connectivity index (χ1) is 9.72. The molecule has 2 atom stereocenters. The molecule has 112 valence electrons. The third-order valence-corrected chi connectivity index (χ3v) is 5.11. The summed E-state index contributed by atoms with van der Waals surface area (Å²) in [6.45, 7) is 0.807. The van der Waals surface area contributed by atoms with Crippen LogP contribution in [-0.2, 0) is 13.6 Å². The molecule has 1 fully saturated rings. The summed E-state index contributed by atoms with van der Waals surface area (Å²) in [5.74, 6) is 0.915. The lowest BCUT2D eigenvalue weighted by molar-refractivity contribution is 0.419. The minimum atomic E-state index is 0.556. The molecule has 20 heavy (non-hydrogen) atoms. The van der Waals surface area contributed by atoms with E-state index >= 15 is 0 Å². The largest absolute Gasteiger partial charge is 0.354 e. The molecule has 0 saturated heterocycles. The van der Waals surface area contributed by atoms with Crippen molar-refractivity contribution >= 4 is 17.7 Å². The van der Waals surface area contributed by atoms with Crippen molar-refractivity contribution < 1.29 is 0 Å². The summed E-state index contributed by atoms with van der Waals surface area (Å²) in [6, 6.07) is 4.75. The van der Waals surface area contributed by atoms with E-state index in [1.165, 1.54) is 31.4 Å². The molecule has 1 aromatic heterocycles. The molecule has 0 amide bonds. The minimum Gasteiger partial charge on any atom is -0.354 e. The van der Waals surface area contributed by atoms with E-state index in [0.29, 0.717) is 6.04 Å². The molecule has 1 aliphatic carbocycles. The summed E-state index contributed by atoms with van der Waals surface area (Å²) in [5.41, 5.74) is 1.26. The summed E-state index contributed by atoms with van der Waals surface area (Å²) in [5, 5.41) is 7.77. The molecular weight excluding hydrogens is 268 g/mol. The van der Waals surface area contributed by atoms with Gasteiger partial charge in [0.15, 0.2) is 5.96 Å². The van der Waals surface area contributed by atoms with Crippen molar-refractivity contribution in [1.29, 1.82) is 0 Å². The highest BCUT2D eigenvalue weighted by Gasteiger charge is 2.21. The fourth-order valence-electron chi connectivity index (χ4n) is 2.73. The Morgan fingerprint density at radius 1 is 1.50 bits per heavy atom. The van der Waals surface area contributed by atoms with Gasteiger partial charge in [-0.15, -0.1) is 0 Å². The molecule has 2 rings (SSSR count). The highest BCUT2D eigenvalue weighted by molar-refractivity contribution is 7.99. The van der Waals surface area contributed by atoms with Gasteiger partial charge in [-0.25, -0.2) is 0 Å².